The number of nitrogen functional groups attached to an aromatic ring is 1. The van der Waals surface area contributed by atoms with Crippen molar-refractivity contribution in [2.24, 2.45) is 0 Å². The van der Waals surface area contributed by atoms with Crippen molar-refractivity contribution >= 4 is 40.5 Å². The number of nitrogens with two attached hydrogens (primary N) is 1. The maximum absolute atomic E-state index is 12.6. The zero-order chi connectivity index (χ0) is 14.9. The van der Waals surface area contributed by atoms with Gasteiger partial charge in [0.15, 0.2) is 5.82 Å². The molecule has 0 spiro atoms. The van der Waals surface area contributed by atoms with Crippen LogP contribution in [0.25, 0.3) is 0 Å². The Morgan fingerprint density at radius 1 is 1.15 bits per heavy atom. The van der Waals surface area contributed by atoms with Crippen molar-refractivity contribution in [1.82, 2.24) is 9.97 Å². The molecule has 20 heavy (non-hydrogen) atoms. The molecule has 0 fully saturated rings. The third kappa shape index (κ3) is 3.05. The van der Waals surface area contributed by atoms with Gasteiger partial charge in [0.05, 0.1) is 16.3 Å². The van der Waals surface area contributed by atoms with E-state index in [4.69, 9.17) is 28.9 Å². The molecule has 2 rings (SSSR count). The number of nitrogens with one attached hydrogen (secondary N) is 1. The summed E-state index contributed by atoms with van der Waals surface area (Å²) in [6.45, 7) is 0. The van der Waals surface area contributed by atoms with E-state index >= 15 is 0 Å². The van der Waals surface area contributed by atoms with E-state index in [0.29, 0.717) is 0 Å². The summed E-state index contributed by atoms with van der Waals surface area (Å²) in [5, 5.41) is 2.69. The van der Waals surface area contributed by atoms with E-state index in [-0.39, 0.29) is 27.4 Å². The summed E-state index contributed by atoms with van der Waals surface area (Å²) in [5.74, 6) is 0.0765. The second kappa shape index (κ2) is 5.34. The van der Waals surface area contributed by atoms with E-state index in [1.807, 2.05) is 0 Å². The molecular weight excluding hydrogens is 316 g/mol. The van der Waals surface area contributed by atoms with E-state index in [9.17, 15) is 13.2 Å². The summed E-state index contributed by atoms with van der Waals surface area (Å²) in [4.78, 5) is 7.44. The fraction of sp³-hybridized carbons (Fsp3) is 0.0909. The van der Waals surface area contributed by atoms with Crippen LogP contribution in [0.4, 0.5) is 30.5 Å². The molecule has 1 aromatic carbocycles. The molecule has 0 aliphatic carbocycles. The highest BCUT2D eigenvalue weighted by atomic mass is 35.5. The molecular formula is C11H7Cl2F3N4. The number of halogens is 5. The van der Waals surface area contributed by atoms with Crippen LogP contribution in [0.5, 0.6) is 0 Å². The van der Waals surface area contributed by atoms with Gasteiger partial charge in [-0.3, -0.25) is 0 Å². The van der Waals surface area contributed by atoms with E-state index < -0.39 is 11.7 Å². The lowest BCUT2D eigenvalue weighted by molar-refractivity contribution is -0.137. The Hall–Kier alpha value is -1.73. The Morgan fingerprint density at radius 2 is 1.85 bits per heavy atom. The first-order chi connectivity index (χ1) is 9.29. The minimum Gasteiger partial charge on any atom is -0.382 e. The number of hydrogen-bond donors (Lipinski definition) is 2. The van der Waals surface area contributed by atoms with Gasteiger partial charge in [-0.05, 0) is 18.2 Å². The number of anilines is 3. The molecule has 0 saturated carbocycles. The molecule has 0 radical (unpaired) electrons. The maximum atomic E-state index is 12.6. The number of nitrogens with zero attached hydrogens (tertiary/aromatic N) is 2. The fourth-order valence-electron chi connectivity index (χ4n) is 1.40. The standard InChI is InChI=1S/C11H7Cl2F3N4/c12-6-2-1-5(11(14,15)16)3-7(6)20-10-8(13)9(17)18-4-19-10/h1-4H,(H3,17,18,19,20). The summed E-state index contributed by atoms with van der Waals surface area (Å²) >= 11 is 11.7. The average Bonchev–Trinajstić information content (AvgIpc) is 2.36. The van der Waals surface area contributed by atoms with Crippen molar-refractivity contribution < 1.29 is 13.2 Å². The highest BCUT2D eigenvalue weighted by molar-refractivity contribution is 6.36. The molecule has 0 atom stereocenters. The lowest BCUT2D eigenvalue weighted by atomic mass is 10.2. The molecule has 0 aliphatic heterocycles. The van der Waals surface area contributed by atoms with E-state index in [0.717, 1.165) is 24.5 Å². The molecule has 1 heterocycles. The zero-order valence-corrected chi connectivity index (χ0v) is 11.2. The Kier molecular flexibility index (Phi) is 3.92. The number of hydrogen-bond acceptors (Lipinski definition) is 4. The quantitative estimate of drug-likeness (QED) is 0.872. The van der Waals surface area contributed by atoms with Gasteiger partial charge in [0.2, 0.25) is 0 Å². The molecule has 3 N–H and O–H groups in total. The molecule has 1 aromatic heterocycles. The third-order valence-electron chi connectivity index (χ3n) is 2.36. The van der Waals surface area contributed by atoms with Crippen LogP contribution >= 0.6 is 23.2 Å². The SMILES string of the molecule is Nc1ncnc(Nc2cc(C(F)(F)F)ccc2Cl)c1Cl. The first-order valence-corrected chi connectivity index (χ1v) is 5.94. The van der Waals surface area contributed by atoms with Crippen molar-refractivity contribution in [2.45, 2.75) is 6.18 Å². The van der Waals surface area contributed by atoms with Gasteiger partial charge in [0, 0.05) is 0 Å². The van der Waals surface area contributed by atoms with Crippen LogP contribution in [0.1, 0.15) is 5.56 Å². The highest BCUT2D eigenvalue weighted by Gasteiger charge is 2.31. The molecule has 0 bridgehead atoms. The summed E-state index contributed by atoms with van der Waals surface area (Å²) in [6.07, 6.45) is -3.35. The topological polar surface area (TPSA) is 63.8 Å². The Balaban J connectivity index is 2.41. The average molecular weight is 323 g/mol. The summed E-state index contributed by atoms with van der Waals surface area (Å²) < 4.78 is 37.9. The maximum Gasteiger partial charge on any atom is 0.416 e. The van der Waals surface area contributed by atoms with Gasteiger partial charge in [0.1, 0.15) is 17.2 Å². The Labute approximate surface area is 121 Å². The number of alkyl halides is 3. The largest absolute Gasteiger partial charge is 0.416 e. The van der Waals surface area contributed by atoms with Crippen LogP contribution in [-0.4, -0.2) is 9.97 Å². The molecule has 0 amide bonds. The van der Waals surface area contributed by atoms with E-state index in [2.05, 4.69) is 15.3 Å². The minimum atomic E-state index is -4.48. The molecule has 2 aromatic rings. The van der Waals surface area contributed by atoms with E-state index in [1.54, 1.807) is 0 Å². The zero-order valence-electron chi connectivity index (χ0n) is 9.67. The van der Waals surface area contributed by atoms with Crippen LogP contribution in [0.15, 0.2) is 24.5 Å². The summed E-state index contributed by atoms with van der Waals surface area (Å²) in [7, 11) is 0. The van der Waals surface area contributed by atoms with Gasteiger partial charge in [-0.2, -0.15) is 13.2 Å². The Morgan fingerprint density at radius 3 is 2.50 bits per heavy atom. The van der Waals surface area contributed by atoms with Gasteiger partial charge in [0.25, 0.3) is 0 Å². The first-order valence-electron chi connectivity index (χ1n) is 5.19. The molecule has 0 aliphatic rings. The Bertz CT molecular complexity index is 646. The molecule has 9 heteroatoms. The number of benzene rings is 1. The van der Waals surface area contributed by atoms with Gasteiger partial charge in [-0.25, -0.2) is 9.97 Å². The smallest absolute Gasteiger partial charge is 0.382 e. The molecule has 0 unspecified atom stereocenters. The van der Waals surface area contributed by atoms with Crippen LogP contribution in [0.2, 0.25) is 10.0 Å². The second-order valence-corrected chi connectivity index (χ2v) is 4.52. The fourth-order valence-corrected chi connectivity index (χ4v) is 1.71. The lowest BCUT2D eigenvalue weighted by Crippen LogP contribution is -2.06. The van der Waals surface area contributed by atoms with E-state index in [1.165, 1.54) is 0 Å². The number of aromatic nitrogens is 2. The van der Waals surface area contributed by atoms with Crippen LogP contribution in [0, 0.1) is 0 Å². The second-order valence-electron chi connectivity index (χ2n) is 3.74. The molecule has 0 saturated heterocycles. The van der Waals surface area contributed by atoms with Gasteiger partial charge in [-0.15, -0.1) is 0 Å². The van der Waals surface area contributed by atoms with Crippen molar-refractivity contribution in [1.29, 1.82) is 0 Å². The summed E-state index contributed by atoms with van der Waals surface area (Å²) in [6, 6.07) is 2.87. The van der Waals surface area contributed by atoms with Crippen LogP contribution in [0.3, 0.4) is 0 Å². The van der Waals surface area contributed by atoms with Crippen molar-refractivity contribution in [2.75, 3.05) is 11.1 Å². The van der Waals surface area contributed by atoms with Gasteiger partial charge >= 0.3 is 6.18 Å². The van der Waals surface area contributed by atoms with Crippen LogP contribution in [-0.2, 0) is 6.18 Å². The normalized spacial score (nSPS) is 11.4. The predicted octanol–water partition coefficient (Wildman–Crippen LogP) is 4.13. The van der Waals surface area contributed by atoms with Crippen molar-refractivity contribution in [3.8, 4) is 0 Å². The van der Waals surface area contributed by atoms with Gasteiger partial charge < -0.3 is 11.1 Å². The minimum absolute atomic E-state index is 0.000906. The first kappa shape index (κ1) is 14.7. The van der Waals surface area contributed by atoms with Crippen LogP contribution < -0.4 is 11.1 Å². The van der Waals surface area contributed by atoms with Crippen molar-refractivity contribution in [3.05, 3.63) is 40.1 Å². The third-order valence-corrected chi connectivity index (χ3v) is 3.07. The monoisotopic (exact) mass is 322 g/mol. The highest BCUT2D eigenvalue weighted by Crippen LogP contribution is 2.36. The molecule has 106 valence electrons. The van der Waals surface area contributed by atoms with Crippen molar-refractivity contribution in [3.63, 3.8) is 0 Å². The lowest BCUT2D eigenvalue weighted by Gasteiger charge is -2.12. The number of rotatable bonds is 2. The van der Waals surface area contributed by atoms with Gasteiger partial charge in [-0.1, -0.05) is 23.2 Å². The predicted molar refractivity (Wildman–Crippen MR) is 71.2 cm³/mol. The summed E-state index contributed by atoms with van der Waals surface area (Å²) in [5.41, 5.74) is 4.65. The molecule has 4 nitrogen and oxygen atoms in total.